The summed E-state index contributed by atoms with van der Waals surface area (Å²) in [5.74, 6) is -0.617. The van der Waals surface area contributed by atoms with Crippen LogP contribution in [0, 0.1) is 13.8 Å². The van der Waals surface area contributed by atoms with Gasteiger partial charge in [0.2, 0.25) is 0 Å². The zero-order chi connectivity index (χ0) is 18.4. The van der Waals surface area contributed by atoms with Crippen molar-refractivity contribution in [3.63, 3.8) is 0 Å². The van der Waals surface area contributed by atoms with Gasteiger partial charge in [0, 0.05) is 25.9 Å². The molecule has 2 aromatic rings. The van der Waals surface area contributed by atoms with E-state index in [0.717, 1.165) is 5.56 Å². The van der Waals surface area contributed by atoms with Gasteiger partial charge in [-0.2, -0.15) is 0 Å². The quantitative estimate of drug-likeness (QED) is 0.784. The summed E-state index contributed by atoms with van der Waals surface area (Å²) in [5, 5.41) is 0. The fourth-order valence-electron chi connectivity index (χ4n) is 2.79. The Bertz CT molecular complexity index is 737. The molecule has 0 aliphatic rings. The van der Waals surface area contributed by atoms with Crippen LogP contribution in [0.4, 0.5) is 0 Å². The smallest absolute Gasteiger partial charge is 0.339 e. The van der Waals surface area contributed by atoms with Crippen molar-refractivity contribution >= 4 is 11.9 Å². The molecule has 25 heavy (non-hydrogen) atoms. The van der Waals surface area contributed by atoms with E-state index in [2.05, 4.69) is 4.98 Å². The lowest BCUT2D eigenvalue weighted by atomic mass is 10.1. The van der Waals surface area contributed by atoms with Crippen molar-refractivity contribution in [1.29, 1.82) is 0 Å². The summed E-state index contributed by atoms with van der Waals surface area (Å²) in [6.45, 7) is 4.86. The number of H-pyrrole nitrogens is 1. The van der Waals surface area contributed by atoms with Crippen LogP contribution in [0.2, 0.25) is 0 Å². The summed E-state index contributed by atoms with van der Waals surface area (Å²) in [4.78, 5) is 29.7. The van der Waals surface area contributed by atoms with Gasteiger partial charge in [-0.25, -0.2) is 4.79 Å². The van der Waals surface area contributed by atoms with Crippen molar-refractivity contribution in [3.05, 3.63) is 58.4 Å². The summed E-state index contributed by atoms with van der Waals surface area (Å²) in [6, 6.07) is 9.76. The lowest BCUT2D eigenvalue weighted by Gasteiger charge is -2.22. The normalized spacial score (nSPS) is 10.6. The molecule has 6 nitrogen and oxygen atoms in total. The number of nitrogens with one attached hydrogen (secondary N) is 1. The van der Waals surface area contributed by atoms with Crippen molar-refractivity contribution < 1.29 is 19.1 Å². The molecule has 134 valence electrons. The molecule has 1 heterocycles. The summed E-state index contributed by atoms with van der Waals surface area (Å²) in [7, 11) is 2.93. The Morgan fingerprint density at radius 2 is 1.80 bits per heavy atom. The maximum absolute atomic E-state index is 13.0. The molecule has 2 rings (SSSR count). The zero-order valence-corrected chi connectivity index (χ0v) is 15.1. The highest BCUT2D eigenvalue weighted by Gasteiger charge is 2.25. The Morgan fingerprint density at radius 3 is 2.40 bits per heavy atom. The Hall–Kier alpha value is -2.60. The average Bonchev–Trinajstić information content (AvgIpc) is 2.92. The molecule has 0 atom stereocenters. The summed E-state index contributed by atoms with van der Waals surface area (Å²) in [6.07, 6.45) is 0. The van der Waals surface area contributed by atoms with Crippen molar-refractivity contribution in [3.8, 4) is 0 Å². The first-order valence-electron chi connectivity index (χ1n) is 8.09. The van der Waals surface area contributed by atoms with Crippen LogP contribution in [-0.4, -0.2) is 49.1 Å². The molecule has 1 amide bonds. The molecule has 0 aliphatic carbocycles. The number of hydrogen-bond donors (Lipinski definition) is 1. The number of esters is 1. The fraction of sp³-hybridized carbons (Fsp3) is 0.368. The number of hydrogen-bond acceptors (Lipinski definition) is 4. The number of benzene rings is 1. The molecule has 1 aromatic carbocycles. The Morgan fingerprint density at radius 1 is 1.12 bits per heavy atom. The first-order valence-corrected chi connectivity index (χ1v) is 8.09. The van der Waals surface area contributed by atoms with Gasteiger partial charge in [0.1, 0.15) is 5.69 Å². The van der Waals surface area contributed by atoms with Crippen molar-refractivity contribution in [1.82, 2.24) is 9.88 Å². The van der Waals surface area contributed by atoms with Crippen LogP contribution in [0.1, 0.15) is 37.7 Å². The SMILES string of the molecule is COCCN(Cc1ccccc1)C(=O)c1[nH]c(C)c(C(=O)OC)c1C. The van der Waals surface area contributed by atoms with E-state index in [1.807, 2.05) is 30.3 Å². The number of amides is 1. The zero-order valence-electron chi connectivity index (χ0n) is 15.1. The number of carbonyl (C=O) groups is 2. The molecular weight excluding hydrogens is 320 g/mol. The molecule has 0 unspecified atom stereocenters. The van der Waals surface area contributed by atoms with Crippen LogP contribution < -0.4 is 0 Å². The Balaban J connectivity index is 2.31. The van der Waals surface area contributed by atoms with Gasteiger partial charge in [-0.1, -0.05) is 30.3 Å². The van der Waals surface area contributed by atoms with Gasteiger partial charge in [0.15, 0.2) is 0 Å². The summed E-state index contributed by atoms with van der Waals surface area (Å²) >= 11 is 0. The molecular formula is C19H24N2O4. The predicted molar refractivity (Wildman–Crippen MR) is 94.7 cm³/mol. The Kier molecular flexibility index (Phi) is 6.36. The number of nitrogens with zero attached hydrogens (tertiary/aromatic N) is 1. The standard InChI is InChI=1S/C19H24N2O4/c1-13-16(19(23)25-4)14(2)20-17(13)18(22)21(10-11-24-3)12-15-8-6-5-7-9-15/h5-9,20H,10-12H2,1-4H3. The molecule has 0 aliphatic heterocycles. The third-order valence-electron chi connectivity index (χ3n) is 4.11. The molecule has 0 saturated carbocycles. The highest BCUT2D eigenvalue weighted by molar-refractivity contribution is 6.00. The first-order chi connectivity index (χ1) is 12.0. The number of carbonyl (C=O) groups excluding carboxylic acids is 2. The molecule has 1 N–H and O–H groups in total. The molecule has 0 saturated heterocycles. The highest BCUT2D eigenvalue weighted by Crippen LogP contribution is 2.21. The van der Waals surface area contributed by atoms with Crippen LogP contribution in [0.25, 0.3) is 0 Å². The maximum atomic E-state index is 13.0. The van der Waals surface area contributed by atoms with E-state index in [0.29, 0.717) is 42.2 Å². The molecule has 0 fully saturated rings. The summed E-state index contributed by atoms with van der Waals surface area (Å²) in [5.41, 5.74) is 3.08. The number of methoxy groups -OCH3 is 2. The maximum Gasteiger partial charge on any atom is 0.339 e. The number of ether oxygens (including phenoxy) is 2. The van der Waals surface area contributed by atoms with E-state index in [1.54, 1.807) is 25.9 Å². The van der Waals surface area contributed by atoms with E-state index >= 15 is 0 Å². The predicted octanol–water partition coefficient (Wildman–Crippen LogP) is 2.71. The fourth-order valence-corrected chi connectivity index (χ4v) is 2.79. The summed E-state index contributed by atoms with van der Waals surface area (Å²) < 4.78 is 9.94. The van der Waals surface area contributed by atoms with Crippen LogP contribution in [-0.2, 0) is 16.0 Å². The van der Waals surface area contributed by atoms with Crippen molar-refractivity contribution in [2.75, 3.05) is 27.4 Å². The third-order valence-corrected chi connectivity index (χ3v) is 4.11. The van der Waals surface area contributed by atoms with Crippen LogP contribution in [0.15, 0.2) is 30.3 Å². The lowest BCUT2D eigenvalue weighted by Crippen LogP contribution is -2.34. The molecule has 6 heteroatoms. The minimum Gasteiger partial charge on any atom is -0.465 e. The van der Waals surface area contributed by atoms with E-state index in [1.165, 1.54) is 7.11 Å². The van der Waals surface area contributed by atoms with Crippen LogP contribution >= 0.6 is 0 Å². The minimum atomic E-state index is -0.447. The van der Waals surface area contributed by atoms with E-state index in [-0.39, 0.29) is 5.91 Å². The number of aromatic amines is 1. The number of aryl methyl sites for hydroxylation is 1. The van der Waals surface area contributed by atoms with Gasteiger partial charge in [-0.05, 0) is 25.0 Å². The topological polar surface area (TPSA) is 71.6 Å². The van der Waals surface area contributed by atoms with Crippen molar-refractivity contribution in [2.24, 2.45) is 0 Å². The van der Waals surface area contributed by atoms with E-state index < -0.39 is 5.97 Å². The lowest BCUT2D eigenvalue weighted by molar-refractivity contribution is 0.0599. The second-order valence-electron chi connectivity index (χ2n) is 5.82. The second-order valence-corrected chi connectivity index (χ2v) is 5.82. The van der Waals surface area contributed by atoms with Crippen LogP contribution in [0.3, 0.4) is 0 Å². The van der Waals surface area contributed by atoms with Gasteiger partial charge >= 0.3 is 5.97 Å². The number of rotatable bonds is 7. The van der Waals surface area contributed by atoms with Crippen LogP contribution in [0.5, 0.6) is 0 Å². The third kappa shape index (κ3) is 4.28. The van der Waals surface area contributed by atoms with Gasteiger partial charge in [0.05, 0.1) is 19.3 Å². The minimum absolute atomic E-state index is 0.170. The van der Waals surface area contributed by atoms with E-state index in [4.69, 9.17) is 9.47 Å². The van der Waals surface area contributed by atoms with Gasteiger partial charge in [-0.3, -0.25) is 4.79 Å². The van der Waals surface area contributed by atoms with Gasteiger partial charge < -0.3 is 19.4 Å². The van der Waals surface area contributed by atoms with Gasteiger partial charge in [0.25, 0.3) is 5.91 Å². The van der Waals surface area contributed by atoms with Crippen molar-refractivity contribution in [2.45, 2.75) is 20.4 Å². The first kappa shape index (κ1) is 18.7. The molecule has 0 bridgehead atoms. The monoisotopic (exact) mass is 344 g/mol. The highest BCUT2D eigenvalue weighted by atomic mass is 16.5. The molecule has 1 aromatic heterocycles. The van der Waals surface area contributed by atoms with E-state index in [9.17, 15) is 9.59 Å². The van der Waals surface area contributed by atoms with Gasteiger partial charge in [-0.15, -0.1) is 0 Å². The molecule has 0 radical (unpaired) electrons. The second kappa shape index (κ2) is 8.48. The average molecular weight is 344 g/mol. The Labute approximate surface area is 147 Å². The largest absolute Gasteiger partial charge is 0.465 e. The number of aromatic nitrogens is 1. The molecule has 0 spiro atoms.